The van der Waals surface area contributed by atoms with E-state index in [4.69, 9.17) is 4.74 Å². The summed E-state index contributed by atoms with van der Waals surface area (Å²) in [5, 5.41) is 0.608. The predicted molar refractivity (Wildman–Crippen MR) is 73.4 cm³/mol. The van der Waals surface area contributed by atoms with Gasteiger partial charge in [0.1, 0.15) is 12.0 Å². The molecule has 2 rings (SSSR count). The molecule has 0 aliphatic rings. The number of ketones is 1. The minimum atomic E-state index is -0.179. The molecule has 0 saturated carbocycles. The number of hydrogen-bond acceptors (Lipinski definition) is 4. The molecule has 2 aromatic heterocycles. The first-order chi connectivity index (χ1) is 8.92. The van der Waals surface area contributed by atoms with E-state index in [1.165, 1.54) is 12.4 Å². The molecule has 0 aromatic carbocycles. The molecule has 0 unspecified atom stereocenters. The van der Waals surface area contributed by atoms with Crippen molar-refractivity contribution in [2.45, 2.75) is 20.8 Å². The number of aromatic amines is 1. The fourth-order valence-corrected chi connectivity index (χ4v) is 1.63. The zero-order chi connectivity index (χ0) is 14.0. The zero-order valence-electron chi connectivity index (χ0n) is 11.4. The van der Waals surface area contributed by atoms with Crippen LogP contribution in [-0.2, 0) is 0 Å². The Kier molecular flexibility index (Phi) is 3.38. The summed E-state index contributed by atoms with van der Waals surface area (Å²) in [4.78, 5) is 22.9. The number of hydrogen-bond donors (Lipinski definition) is 1. The van der Waals surface area contributed by atoms with Gasteiger partial charge in [-0.3, -0.25) is 4.79 Å². The number of nitrogens with zero attached hydrogens (tertiary/aromatic N) is 2. The molecule has 0 saturated heterocycles. The van der Waals surface area contributed by atoms with Crippen LogP contribution >= 0.6 is 0 Å². The van der Waals surface area contributed by atoms with Crippen LogP contribution in [0, 0.1) is 5.41 Å². The molecule has 2 heterocycles. The summed E-state index contributed by atoms with van der Waals surface area (Å²) >= 11 is 0. The van der Waals surface area contributed by atoms with E-state index in [0.29, 0.717) is 29.1 Å². The molecule has 0 aliphatic heterocycles. The minimum Gasteiger partial charge on any atom is -0.477 e. The molecular formula is C14H17N3O2. The predicted octanol–water partition coefficient (Wildman–Crippen LogP) is 2.75. The van der Waals surface area contributed by atoms with E-state index in [1.807, 2.05) is 0 Å². The number of nitrogens with one attached hydrogen (secondary N) is 1. The van der Waals surface area contributed by atoms with Gasteiger partial charge >= 0.3 is 0 Å². The van der Waals surface area contributed by atoms with Gasteiger partial charge in [-0.05, 0) is 11.5 Å². The van der Waals surface area contributed by atoms with E-state index in [9.17, 15) is 4.79 Å². The molecule has 0 fully saturated rings. The smallest absolute Gasteiger partial charge is 0.226 e. The summed E-state index contributed by atoms with van der Waals surface area (Å²) in [7, 11) is 0. The largest absolute Gasteiger partial charge is 0.477 e. The van der Waals surface area contributed by atoms with Gasteiger partial charge in [0.25, 0.3) is 0 Å². The monoisotopic (exact) mass is 259 g/mol. The van der Waals surface area contributed by atoms with Crippen molar-refractivity contribution in [3.05, 3.63) is 30.7 Å². The van der Waals surface area contributed by atoms with E-state index in [-0.39, 0.29) is 11.2 Å². The van der Waals surface area contributed by atoms with Crippen molar-refractivity contribution in [3.8, 4) is 5.88 Å². The summed E-state index contributed by atoms with van der Waals surface area (Å²) in [6.45, 7) is 10.2. The van der Waals surface area contributed by atoms with Gasteiger partial charge in [0.05, 0.1) is 17.6 Å². The summed E-state index contributed by atoms with van der Waals surface area (Å²) in [6, 6.07) is 0. The molecule has 0 aliphatic carbocycles. The Morgan fingerprint density at radius 2 is 2.21 bits per heavy atom. The van der Waals surface area contributed by atoms with Gasteiger partial charge in [0.2, 0.25) is 5.88 Å². The van der Waals surface area contributed by atoms with E-state index in [1.54, 1.807) is 6.20 Å². The highest BCUT2D eigenvalue weighted by Crippen LogP contribution is 2.27. The molecule has 0 radical (unpaired) electrons. The molecule has 19 heavy (non-hydrogen) atoms. The van der Waals surface area contributed by atoms with Crippen molar-refractivity contribution in [2.75, 3.05) is 6.61 Å². The maximum Gasteiger partial charge on any atom is 0.226 e. The Balaban J connectivity index is 2.45. The van der Waals surface area contributed by atoms with Crippen LogP contribution in [0.15, 0.2) is 25.2 Å². The van der Waals surface area contributed by atoms with Gasteiger partial charge in [-0.15, -0.1) is 0 Å². The van der Waals surface area contributed by atoms with Crippen molar-refractivity contribution in [3.63, 3.8) is 0 Å². The van der Waals surface area contributed by atoms with Crippen molar-refractivity contribution < 1.29 is 9.53 Å². The quantitative estimate of drug-likeness (QED) is 0.677. The van der Waals surface area contributed by atoms with Gasteiger partial charge in [-0.2, -0.15) is 0 Å². The normalized spacial score (nSPS) is 11.5. The number of ether oxygens (including phenoxy) is 1. The van der Waals surface area contributed by atoms with E-state index < -0.39 is 0 Å². The molecule has 2 aromatic rings. The maximum absolute atomic E-state index is 11.8. The Hall–Kier alpha value is -2.17. The van der Waals surface area contributed by atoms with Crippen LogP contribution < -0.4 is 4.74 Å². The van der Waals surface area contributed by atoms with Crippen molar-refractivity contribution >= 4 is 16.8 Å². The number of rotatable bonds is 4. The fourth-order valence-electron chi connectivity index (χ4n) is 1.63. The molecule has 1 N–H and O–H groups in total. The number of aromatic nitrogens is 3. The third-order valence-electron chi connectivity index (χ3n) is 2.53. The lowest BCUT2D eigenvalue weighted by Crippen LogP contribution is -2.17. The molecule has 0 spiro atoms. The Bertz CT molecular complexity index is 623. The lowest BCUT2D eigenvalue weighted by atomic mass is 9.99. The molecule has 0 atom stereocenters. The third-order valence-corrected chi connectivity index (χ3v) is 2.53. The van der Waals surface area contributed by atoms with Crippen LogP contribution in [0.1, 0.15) is 31.1 Å². The summed E-state index contributed by atoms with van der Waals surface area (Å²) in [5.41, 5.74) is 1.08. The highest BCUT2D eigenvalue weighted by atomic mass is 16.5. The highest BCUT2D eigenvalue weighted by Gasteiger charge is 2.18. The van der Waals surface area contributed by atoms with Gasteiger partial charge < -0.3 is 9.72 Å². The second-order valence-electron chi connectivity index (χ2n) is 5.52. The average molecular weight is 259 g/mol. The molecule has 5 heteroatoms. The van der Waals surface area contributed by atoms with Crippen LogP contribution in [0.4, 0.5) is 0 Å². The summed E-state index contributed by atoms with van der Waals surface area (Å²) in [5.74, 6) is 0.244. The Morgan fingerprint density at radius 1 is 1.47 bits per heavy atom. The Morgan fingerprint density at radius 3 is 2.84 bits per heavy atom. The first kappa shape index (κ1) is 13.3. The maximum atomic E-state index is 11.8. The lowest BCUT2D eigenvalue weighted by molar-refractivity contribution is 0.104. The molecule has 100 valence electrons. The van der Waals surface area contributed by atoms with E-state index in [0.717, 1.165) is 0 Å². The van der Waals surface area contributed by atoms with Crippen molar-refractivity contribution in [1.29, 1.82) is 0 Å². The van der Waals surface area contributed by atoms with Crippen LogP contribution in [-0.4, -0.2) is 27.3 Å². The summed E-state index contributed by atoms with van der Waals surface area (Å²) < 4.78 is 5.72. The topological polar surface area (TPSA) is 67.9 Å². The summed E-state index contributed by atoms with van der Waals surface area (Å²) in [6.07, 6.45) is 4.29. The number of fused-ring (bicyclic) bond motifs is 1. The van der Waals surface area contributed by atoms with E-state index >= 15 is 0 Å². The third kappa shape index (κ3) is 2.81. The van der Waals surface area contributed by atoms with Gasteiger partial charge in [-0.1, -0.05) is 27.4 Å². The van der Waals surface area contributed by atoms with Gasteiger partial charge in [-0.25, -0.2) is 9.97 Å². The van der Waals surface area contributed by atoms with Crippen LogP contribution in [0.3, 0.4) is 0 Å². The van der Waals surface area contributed by atoms with Gasteiger partial charge in [0, 0.05) is 6.20 Å². The zero-order valence-corrected chi connectivity index (χ0v) is 11.4. The first-order valence-corrected chi connectivity index (χ1v) is 6.04. The standard InChI is InChI=1S/C14H17N3O2/c1-5-10(18)9-6-15-12-11(9)13(17-8-16-12)19-7-14(2,3)4/h5-6,8H,1,7H2,2-4H3,(H,15,16,17). The SMILES string of the molecule is C=CC(=O)c1c[nH]c2ncnc(OCC(C)(C)C)c12. The second-order valence-corrected chi connectivity index (χ2v) is 5.52. The van der Waals surface area contributed by atoms with Crippen LogP contribution in [0.2, 0.25) is 0 Å². The second kappa shape index (κ2) is 4.84. The number of carbonyl (C=O) groups is 1. The van der Waals surface area contributed by atoms with Crippen molar-refractivity contribution in [2.24, 2.45) is 5.41 Å². The van der Waals surface area contributed by atoms with Crippen LogP contribution in [0.5, 0.6) is 5.88 Å². The molecular weight excluding hydrogens is 242 g/mol. The minimum absolute atomic E-state index is 0.0101. The number of carbonyl (C=O) groups excluding carboxylic acids is 1. The van der Waals surface area contributed by atoms with Gasteiger partial charge in [0.15, 0.2) is 5.78 Å². The first-order valence-electron chi connectivity index (χ1n) is 6.04. The van der Waals surface area contributed by atoms with Crippen LogP contribution in [0.25, 0.3) is 11.0 Å². The molecule has 5 nitrogen and oxygen atoms in total. The highest BCUT2D eigenvalue weighted by molar-refractivity contribution is 6.13. The number of H-pyrrole nitrogens is 1. The molecule has 0 amide bonds. The average Bonchev–Trinajstić information content (AvgIpc) is 2.78. The number of allylic oxidation sites excluding steroid dienone is 1. The van der Waals surface area contributed by atoms with Crippen molar-refractivity contribution in [1.82, 2.24) is 15.0 Å². The fraction of sp³-hybridized carbons (Fsp3) is 0.357. The lowest BCUT2D eigenvalue weighted by Gasteiger charge is -2.18. The van der Waals surface area contributed by atoms with E-state index in [2.05, 4.69) is 42.3 Å². The Labute approximate surface area is 111 Å². The molecule has 0 bridgehead atoms.